The molecule has 2 atom stereocenters. The third-order valence-corrected chi connectivity index (χ3v) is 7.53. The lowest BCUT2D eigenvalue weighted by atomic mass is 9.96. The van der Waals surface area contributed by atoms with Gasteiger partial charge in [0.2, 0.25) is 0 Å². The number of para-hydroxylation sites is 2. The van der Waals surface area contributed by atoms with Crippen LogP contribution in [0.4, 0.5) is 5.69 Å². The molecule has 0 bridgehead atoms. The molecular weight excluding hydrogens is 499 g/mol. The SMILES string of the molecule is COc1ccccc1N1C(=S)N[C@H](c2ccccn2)[C@@H]1c1cc(C)n(-c2cccc(Cl)c2Cl)c1C. The van der Waals surface area contributed by atoms with Crippen LogP contribution < -0.4 is 15.0 Å². The summed E-state index contributed by atoms with van der Waals surface area (Å²) in [5, 5.41) is 5.17. The van der Waals surface area contributed by atoms with Crippen LogP contribution in [0.5, 0.6) is 5.75 Å². The van der Waals surface area contributed by atoms with Crippen molar-refractivity contribution in [2.45, 2.75) is 25.9 Å². The Morgan fingerprint density at radius 3 is 2.46 bits per heavy atom. The maximum atomic E-state index is 6.63. The standard InChI is InChI=1S/C27H24Cl2N4OS/c1-16-15-18(17(2)32(16)22-12-8-9-19(28)24(22)29)26-25(20-10-6-7-14-30-20)31-27(35)33(26)21-11-4-5-13-23(21)34-3/h4-15,25-26H,1-3H3,(H,31,35)/t25-,26+/m1/s1. The second-order valence-corrected chi connectivity index (χ2v) is 9.58. The van der Waals surface area contributed by atoms with Gasteiger partial charge in [-0.25, -0.2) is 0 Å². The number of methoxy groups -OCH3 is 1. The van der Waals surface area contributed by atoms with Gasteiger partial charge in [0.1, 0.15) is 5.75 Å². The highest BCUT2D eigenvalue weighted by Crippen LogP contribution is 2.46. The summed E-state index contributed by atoms with van der Waals surface area (Å²) >= 11 is 18.9. The monoisotopic (exact) mass is 522 g/mol. The maximum Gasteiger partial charge on any atom is 0.174 e. The number of hydrogen-bond acceptors (Lipinski definition) is 3. The number of halogens is 2. The summed E-state index contributed by atoms with van der Waals surface area (Å²) < 4.78 is 7.85. The quantitative estimate of drug-likeness (QED) is 0.286. The summed E-state index contributed by atoms with van der Waals surface area (Å²) in [4.78, 5) is 6.78. The molecule has 1 aliphatic heterocycles. The largest absolute Gasteiger partial charge is 0.495 e. The van der Waals surface area contributed by atoms with Crippen molar-refractivity contribution >= 4 is 46.2 Å². The van der Waals surface area contributed by atoms with Crippen LogP contribution in [0, 0.1) is 13.8 Å². The summed E-state index contributed by atoms with van der Waals surface area (Å²) in [7, 11) is 1.67. The molecule has 5 rings (SSSR count). The molecule has 0 amide bonds. The van der Waals surface area contributed by atoms with E-state index in [-0.39, 0.29) is 12.1 Å². The third kappa shape index (κ3) is 4.05. The van der Waals surface area contributed by atoms with E-state index in [1.807, 2.05) is 54.6 Å². The van der Waals surface area contributed by atoms with Gasteiger partial charge in [-0.15, -0.1) is 0 Å². The van der Waals surface area contributed by atoms with Crippen molar-refractivity contribution in [2.75, 3.05) is 12.0 Å². The molecule has 1 fully saturated rings. The normalized spacial score (nSPS) is 17.5. The fourth-order valence-electron chi connectivity index (χ4n) is 4.88. The maximum absolute atomic E-state index is 6.63. The first-order valence-electron chi connectivity index (χ1n) is 11.2. The van der Waals surface area contributed by atoms with Gasteiger partial charge in [0.05, 0.1) is 46.3 Å². The van der Waals surface area contributed by atoms with Crippen LogP contribution in [0.2, 0.25) is 10.0 Å². The first-order chi connectivity index (χ1) is 16.9. The number of nitrogens with zero attached hydrogens (tertiary/aromatic N) is 3. The van der Waals surface area contributed by atoms with Crippen LogP contribution in [0.3, 0.4) is 0 Å². The minimum Gasteiger partial charge on any atom is -0.495 e. The zero-order chi connectivity index (χ0) is 24.7. The first-order valence-corrected chi connectivity index (χ1v) is 12.4. The van der Waals surface area contributed by atoms with Crippen LogP contribution in [0.25, 0.3) is 5.69 Å². The number of thiocarbonyl (C=S) groups is 1. The Morgan fingerprint density at radius 1 is 0.971 bits per heavy atom. The van der Waals surface area contributed by atoms with Crippen molar-refractivity contribution in [1.82, 2.24) is 14.9 Å². The molecule has 5 nitrogen and oxygen atoms in total. The van der Waals surface area contributed by atoms with Gasteiger partial charge in [0, 0.05) is 17.6 Å². The number of rotatable bonds is 5. The van der Waals surface area contributed by atoms with Gasteiger partial charge in [-0.1, -0.05) is 47.5 Å². The van der Waals surface area contributed by atoms with E-state index >= 15 is 0 Å². The molecule has 1 N–H and O–H groups in total. The average molecular weight is 523 g/mol. The molecule has 0 saturated carbocycles. The van der Waals surface area contributed by atoms with E-state index in [2.05, 4.69) is 39.7 Å². The van der Waals surface area contributed by atoms with Gasteiger partial charge >= 0.3 is 0 Å². The minimum absolute atomic E-state index is 0.169. The number of nitrogens with one attached hydrogen (secondary N) is 1. The summed E-state index contributed by atoms with van der Waals surface area (Å²) in [6.07, 6.45) is 1.80. The second-order valence-electron chi connectivity index (χ2n) is 8.40. The predicted octanol–water partition coefficient (Wildman–Crippen LogP) is 6.98. The Kier molecular flexibility index (Phi) is 6.45. The van der Waals surface area contributed by atoms with Gasteiger partial charge in [-0.2, -0.15) is 0 Å². The zero-order valence-electron chi connectivity index (χ0n) is 19.5. The molecule has 0 spiro atoms. The van der Waals surface area contributed by atoms with Crippen molar-refractivity contribution in [3.05, 3.63) is 106 Å². The van der Waals surface area contributed by atoms with Gasteiger partial charge in [0.25, 0.3) is 0 Å². The molecule has 8 heteroatoms. The molecule has 0 unspecified atom stereocenters. The van der Waals surface area contributed by atoms with Crippen LogP contribution in [0.1, 0.15) is 34.7 Å². The van der Waals surface area contributed by atoms with Crippen LogP contribution in [-0.2, 0) is 0 Å². The minimum atomic E-state index is -0.174. The van der Waals surface area contributed by atoms with E-state index < -0.39 is 0 Å². The number of anilines is 1. The van der Waals surface area contributed by atoms with E-state index in [0.717, 1.165) is 39.8 Å². The van der Waals surface area contributed by atoms with E-state index in [4.69, 9.17) is 40.2 Å². The van der Waals surface area contributed by atoms with Crippen LogP contribution in [0.15, 0.2) is 72.9 Å². The molecule has 1 aliphatic rings. The molecule has 2 aromatic carbocycles. The molecule has 2 aromatic heterocycles. The molecule has 0 aliphatic carbocycles. The van der Waals surface area contributed by atoms with E-state index in [1.165, 1.54) is 0 Å². The van der Waals surface area contributed by atoms with Gasteiger partial charge in [-0.05, 0) is 74.1 Å². The lowest BCUT2D eigenvalue weighted by Crippen LogP contribution is -2.30. The second kappa shape index (κ2) is 9.53. The molecule has 0 radical (unpaired) electrons. The average Bonchev–Trinajstić information content (AvgIpc) is 3.36. The Balaban J connectivity index is 1.72. The summed E-state index contributed by atoms with van der Waals surface area (Å²) in [6, 6.07) is 21.3. The van der Waals surface area contributed by atoms with E-state index in [0.29, 0.717) is 15.2 Å². The Labute approximate surface area is 220 Å². The highest BCUT2D eigenvalue weighted by molar-refractivity contribution is 7.80. The van der Waals surface area contributed by atoms with Gasteiger partial charge < -0.3 is 19.5 Å². The van der Waals surface area contributed by atoms with Crippen LogP contribution in [-0.4, -0.2) is 21.8 Å². The van der Waals surface area contributed by atoms with Crippen molar-refractivity contribution in [3.63, 3.8) is 0 Å². The van der Waals surface area contributed by atoms with Crippen molar-refractivity contribution in [3.8, 4) is 11.4 Å². The number of aryl methyl sites for hydroxylation is 1. The third-order valence-electron chi connectivity index (χ3n) is 6.40. The fourth-order valence-corrected chi connectivity index (χ4v) is 5.60. The number of benzene rings is 2. The molecule has 35 heavy (non-hydrogen) atoms. The van der Waals surface area contributed by atoms with Crippen molar-refractivity contribution in [2.24, 2.45) is 0 Å². The molecule has 4 aromatic rings. The predicted molar refractivity (Wildman–Crippen MR) is 146 cm³/mol. The lowest BCUT2D eigenvalue weighted by Gasteiger charge is -2.29. The van der Waals surface area contributed by atoms with Crippen molar-refractivity contribution < 1.29 is 4.74 Å². The Hall–Kier alpha value is -3.06. The summed E-state index contributed by atoms with van der Waals surface area (Å²) in [5.41, 5.74) is 5.83. The molecular formula is C27H24Cl2N4OS. The Morgan fingerprint density at radius 2 is 1.71 bits per heavy atom. The van der Waals surface area contributed by atoms with Crippen molar-refractivity contribution in [1.29, 1.82) is 0 Å². The van der Waals surface area contributed by atoms with E-state index in [9.17, 15) is 0 Å². The molecule has 1 saturated heterocycles. The molecule has 3 heterocycles. The lowest BCUT2D eigenvalue weighted by molar-refractivity contribution is 0.414. The molecule has 178 valence electrons. The highest BCUT2D eigenvalue weighted by Gasteiger charge is 2.43. The number of aromatic nitrogens is 2. The number of pyridine rings is 1. The smallest absolute Gasteiger partial charge is 0.174 e. The Bertz CT molecular complexity index is 1410. The first kappa shape index (κ1) is 23.7. The fraction of sp³-hybridized carbons (Fsp3) is 0.185. The summed E-state index contributed by atoms with van der Waals surface area (Å²) in [6.45, 7) is 4.16. The van der Waals surface area contributed by atoms with Gasteiger partial charge in [-0.3, -0.25) is 4.98 Å². The zero-order valence-corrected chi connectivity index (χ0v) is 21.8. The number of hydrogen-bond donors (Lipinski definition) is 1. The van der Waals surface area contributed by atoms with Gasteiger partial charge in [0.15, 0.2) is 5.11 Å². The van der Waals surface area contributed by atoms with Crippen LogP contribution >= 0.6 is 35.4 Å². The summed E-state index contributed by atoms with van der Waals surface area (Å²) in [5.74, 6) is 0.745. The number of ether oxygens (including phenoxy) is 1. The van der Waals surface area contributed by atoms with E-state index in [1.54, 1.807) is 19.4 Å². The highest BCUT2D eigenvalue weighted by atomic mass is 35.5. The topological polar surface area (TPSA) is 42.3 Å².